The first-order chi connectivity index (χ1) is 21.6. The Morgan fingerprint density at radius 2 is 1.67 bits per heavy atom. The van der Waals surface area contributed by atoms with Crippen molar-refractivity contribution in [2.75, 3.05) is 13.1 Å². The molecular formula is C35H47N5O5. The van der Waals surface area contributed by atoms with Crippen molar-refractivity contribution >= 4 is 29.5 Å². The van der Waals surface area contributed by atoms with Crippen molar-refractivity contribution in [1.82, 2.24) is 26.2 Å². The van der Waals surface area contributed by atoms with Gasteiger partial charge in [0.25, 0.3) is 5.91 Å². The fourth-order valence-electron chi connectivity index (χ4n) is 7.86. The first kappa shape index (κ1) is 32.4. The van der Waals surface area contributed by atoms with E-state index in [1.54, 1.807) is 11.0 Å². The minimum absolute atomic E-state index is 0.0917. The second kappa shape index (κ2) is 13.6. The molecule has 0 radical (unpaired) electrons. The molecule has 1 aromatic carbocycles. The Hall–Kier alpha value is -3.95. The number of urea groups is 1. The van der Waals surface area contributed by atoms with Gasteiger partial charge in [0, 0.05) is 19.1 Å². The largest absolute Gasteiger partial charge is 0.346 e. The summed E-state index contributed by atoms with van der Waals surface area (Å²) in [6.07, 6.45) is 9.01. The summed E-state index contributed by atoms with van der Waals surface area (Å²) in [4.78, 5) is 69.0. The smallest absolute Gasteiger partial charge is 0.315 e. The van der Waals surface area contributed by atoms with E-state index in [9.17, 15) is 24.0 Å². The molecule has 3 fully saturated rings. The maximum atomic E-state index is 14.5. The lowest BCUT2D eigenvalue weighted by molar-refractivity contribution is -0.144. The van der Waals surface area contributed by atoms with Gasteiger partial charge in [-0.05, 0) is 72.8 Å². The molecule has 5 atom stereocenters. The zero-order chi connectivity index (χ0) is 32.3. The SMILES string of the molecule is C=CCCC(NC(=O)[C@@H]1[C@@H]2[C@H](CN1C(=O)[C@@H](NC(=O)NC1CCCC1)C1Cc3ccccc3C1)C2(C)C)C(=O)C(=O)NCC=C. The lowest BCUT2D eigenvalue weighted by Gasteiger charge is -2.35. The molecule has 1 saturated heterocycles. The highest BCUT2D eigenvalue weighted by Gasteiger charge is 2.69. The fourth-order valence-corrected chi connectivity index (χ4v) is 7.86. The molecule has 1 heterocycles. The molecule has 1 aliphatic heterocycles. The summed E-state index contributed by atoms with van der Waals surface area (Å²) in [5.41, 5.74) is 2.17. The van der Waals surface area contributed by atoms with Crippen LogP contribution >= 0.6 is 0 Å². The summed E-state index contributed by atoms with van der Waals surface area (Å²) in [5.74, 6) is -2.43. The lowest BCUT2D eigenvalue weighted by atomic mass is 9.93. The van der Waals surface area contributed by atoms with E-state index in [-0.39, 0.29) is 54.1 Å². The van der Waals surface area contributed by atoms with Crippen LogP contribution in [0, 0.1) is 23.2 Å². The summed E-state index contributed by atoms with van der Waals surface area (Å²) in [6.45, 7) is 12.0. The molecule has 2 saturated carbocycles. The molecular weight excluding hydrogens is 570 g/mol. The molecule has 10 nitrogen and oxygen atoms in total. The second-order valence-corrected chi connectivity index (χ2v) is 13.7. The van der Waals surface area contributed by atoms with Gasteiger partial charge in [0.05, 0.1) is 6.04 Å². The molecule has 0 spiro atoms. The van der Waals surface area contributed by atoms with E-state index < -0.39 is 35.7 Å². The van der Waals surface area contributed by atoms with Gasteiger partial charge in [-0.15, -0.1) is 13.2 Å². The Bertz CT molecular complexity index is 1330. The standard InChI is InChI=1S/C35H47N5O5/c1-5-7-16-26(30(41)32(43)36-17-6-2)38-31(42)29-27-25(35(27,3)4)20-40(29)33(44)28(39-34(45)37-24-14-10-11-15-24)23-18-21-12-8-9-13-22(21)19-23/h5-6,8-9,12-13,23-29H,1-2,7,10-11,14-20H2,3-4H3,(H,36,43)(H,38,42)(H2,37,39,45)/t25-,26?,27-,28-,29-/m0/s1. The topological polar surface area (TPSA) is 137 Å². The number of piperidine rings is 1. The lowest BCUT2D eigenvalue weighted by Crippen LogP contribution is -2.60. The predicted molar refractivity (Wildman–Crippen MR) is 171 cm³/mol. The minimum atomic E-state index is -1.06. The molecule has 0 bridgehead atoms. The molecule has 3 aliphatic carbocycles. The second-order valence-electron chi connectivity index (χ2n) is 13.7. The van der Waals surface area contributed by atoms with E-state index in [4.69, 9.17) is 0 Å². The maximum absolute atomic E-state index is 14.5. The van der Waals surface area contributed by atoms with Crippen LogP contribution < -0.4 is 21.3 Å². The zero-order valence-electron chi connectivity index (χ0n) is 26.5. The Morgan fingerprint density at radius 1 is 1.00 bits per heavy atom. The quantitative estimate of drug-likeness (QED) is 0.199. The van der Waals surface area contributed by atoms with Crippen LogP contribution in [-0.4, -0.2) is 71.7 Å². The third-order valence-electron chi connectivity index (χ3n) is 10.5. The van der Waals surface area contributed by atoms with Crippen molar-refractivity contribution in [2.24, 2.45) is 23.2 Å². The molecule has 1 aromatic rings. The van der Waals surface area contributed by atoms with Crippen molar-refractivity contribution in [3.63, 3.8) is 0 Å². The van der Waals surface area contributed by atoms with Crippen molar-refractivity contribution in [2.45, 2.75) is 89.4 Å². The number of likely N-dealkylation sites (tertiary alicyclic amines) is 1. The minimum Gasteiger partial charge on any atom is -0.346 e. The molecule has 5 amide bonds. The van der Waals surface area contributed by atoms with E-state index >= 15 is 0 Å². The molecule has 45 heavy (non-hydrogen) atoms. The van der Waals surface area contributed by atoms with Crippen LogP contribution in [0.5, 0.6) is 0 Å². The van der Waals surface area contributed by atoms with Crippen molar-refractivity contribution in [3.8, 4) is 0 Å². The molecule has 242 valence electrons. The van der Waals surface area contributed by atoms with Crippen LogP contribution in [-0.2, 0) is 32.0 Å². The number of benzene rings is 1. The number of amides is 5. The summed E-state index contributed by atoms with van der Waals surface area (Å²) < 4.78 is 0. The van der Waals surface area contributed by atoms with Crippen LogP contribution in [0.3, 0.4) is 0 Å². The number of nitrogens with zero attached hydrogens (tertiary/aromatic N) is 1. The van der Waals surface area contributed by atoms with Crippen molar-refractivity contribution in [3.05, 3.63) is 60.7 Å². The van der Waals surface area contributed by atoms with E-state index in [0.29, 0.717) is 25.8 Å². The number of allylic oxidation sites excluding steroid dienone is 1. The number of nitrogens with one attached hydrogen (secondary N) is 4. The highest BCUT2D eigenvalue weighted by Crippen LogP contribution is 2.65. The van der Waals surface area contributed by atoms with Crippen molar-refractivity contribution in [1.29, 1.82) is 0 Å². The van der Waals surface area contributed by atoms with Crippen LogP contribution in [0.25, 0.3) is 0 Å². The maximum Gasteiger partial charge on any atom is 0.315 e. The summed E-state index contributed by atoms with van der Waals surface area (Å²) in [6, 6.07) is 5.12. The van der Waals surface area contributed by atoms with Crippen LogP contribution in [0.2, 0.25) is 0 Å². The molecule has 10 heteroatoms. The van der Waals surface area contributed by atoms with Gasteiger partial charge >= 0.3 is 6.03 Å². The third-order valence-corrected chi connectivity index (χ3v) is 10.5. The molecule has 4 aliphatic rings. The number of hydrogen-bond donors (Lipinski definition) is 4. The van der Waals surface area contributed by atoms with Gasteiger partial charge in [-0.1, -0.05) is 63.1 Å². The van der Waals surface area contributed by atoms with Crippen LogP contribution in [0.1, 0.15) is 63.5 Å². The third kappa shape index (κ3) is 6.84. The number of rotatable bonds is 13. The molecule has 1 unspecified atom stereocenters. The summed E-state index contributed by atoms with van der Waals surface area (Å²) in [7, 11) is 0. The van der Waals surface area contributed by atoms with Gasteiger partial charge < -0.3 is 26.2 Å². The Morgan fingerprint density at radius 3 is 2.29 bits per heavy atom. The molecule has 5 rings (SSSR count). The number of ketones is 1. The van der Waals surface area contributed by atoms with Gasteiger partial charge in [0.1, 0.15) is 12.1 Å². The predicted octanol–water partition coefficient (Wildman–Crippen LogP) is 2.82. The number of Topliss-reactive ketones (excluding diaryl/α,β-unsaturated/α-hetero) is 1. The number of carbonyl (C=O) groups is 5. The highest BCUT2D eigenvalue weighted by atomic mass is 16.2. The van der Waals surface area contributed by atoms with Crippen molar-refractivity contribution < 1.29 is 24.0 Å². The molecule has 4 N–H and O–H groups in total. The number of fused-ring (bicyclic) bond motifs is 2. The fraction of sp³-hybridized carbons (Fsp3) is 0.571. The average Bonchev–Trinajstić information content (AvgIpc) is 3.59. The highest BCUT2D eigenvalue weighted by molar-refractivity contribution is 6.38. The van der Waals surface area contributed by atoms with Crippen LogP contribution in [0.15, 0.2) is 49.6 Å². The van der Waals surface area contributed by atoms with Crippen LogP contribution in [0.4, 0.5) is 4.79 Å². The van der Waals surface area contributed by atoms with E-state index in [2.05, 4.69) is 60.4 Å². The van der Waals surface area contributed by atoms with E-state index in [1.165, 1.54) is 6.08 Å². The Balaban J connectivity index is 1.37. The molecule has 0 aromatic heterocycles. The van der Waals surface area contributed by atoms with Gasteiger partial charge in [-0.25, -0.2) is 4.79 Å². The van der Waals surface area contributed by atoms with Gasteiger partial charge in [0.15, 0.2) is 0 Å². The Labute approximate surface area is 265 Å². The normalized spacial score (nSPS) is 24.5. The van der Waals surface area contributed by atoms with E-state index in [1.807, 2.05) is 12.1 Å². The van der Waals surface area contributed by atoms with E-state index in [0.717, 1.165) is 36.8 Å². The Kier molecular flexibility index (Phi) is 9.79. The average molecular weight is 618 g/mol. The zero-order valence-corrected chi connectivity index (χ0v) is 26.5. The van der Waals surface area contributed by atoms with Gasteiger partial charge in [0.2, 0.25) is 17.6 Å². The first-order valence-electron chi connectivity index (χ1n) is 16.3. The summed E-state index contributed by atoms with van der Waals surface area (Å²) >= 11 is 0. The van der Waals surface area contributed by atoms with Gasteiger partial charge in [-0.3, -0.25) is 19.2 Å². The summed E-state index contributed by atoms with van der Waals surface area (Å²) in [5, 5.41) is 11.4. The monoisotopic (exact) mass is 617 g/mol. The van der Waals surface area contributed by atoms with Gasteiger partial charge in [-0.2, -0.15) is 0 Å². The number of carbonyl (C=O) groups excluding carboxylic acids is 5. The first-order valence-corrected chi connectivity index (χ1v) is 16.3. The number of hydrogen-bond acceptors (Lipinski definition) is 5.